The standard InChI is InChI=1S/C29H41NO/c1-6-9-22-10-11-24(19(4)12-22)15-25-16-27-26(14-23(25)8-3)18-30-29(27)17-21(7-2)13-28(31)20(29)5/h10-12,14,16,20-21,28,30-31H,6-9,13,15,17-18H2,1-5H3. The van der Waals surface area contributed by atoms with Crippen LogP contribution in [-0.2, 0) is 31.3 Å². The van der Waals surface area contributed by atoms with E-state index < -0.39 is 0 Å². The van der Waals surface area contributed by atoms with Crippen LogP contribution in [0.1, 0.15) is 92.3 Å². The van der Waals surface area contributed by atoms with Crippen LogP contribution >= 0.6 is 0 Å². The molecule has 2 aromatic carbocycles. The van der Waals surface area contributed by atoms with Gasteiger partial charge in [0.25, 0.3) is 0 Å². The number of aliphatic hydroxyl groups excluding tert-OH is 1. The minimum Gasteiger partial charge on any atom is -0.393 e. The van der Waals surface area contributed by atoms with E-state index in [0.29, 0.717) is 5.92 Å². The molecule has 0 aromatic heterocycles. The van der Waals surface area contributed by atoms with Crippen LogP contribution < -0.4 is 5.32 Å². The van der Waals surface area contributed by atoms with Crippen LogP contribution in [0.3, 0.4) is 0 Å². The van der Waals surface area contributed by atoms with Crippen LogP contribution in [0, 0.1) is 18.8 Å². The highest BCUT2D eigenvalue weighted by Crippen LogP contribution is 2.49. The summed E-state index contributed by atoms with van der Waals surface area (Å²) in [6, 6.07) is 12.0. The van der Waals surface area contributed by atoms with Gasteiger partial charge in [-0.3, -0.25) is 0 Å². The lowest BCUT2D eigenvalue weighted by molar-refractivity contribution is -0.0147. The molecule has 31 heavy (non-hydrogen) atoms. The van der Waals surface area contributed by atoms with Gasteiger partial charge in [0, 0.05) is 18.0 Å². The van der Waals surface area contributed by atoms with Gasteiger partial charge in [0.05, 0.1) is 6.10 Å². The third-order valence-electron chi connectivity index (χ3n) is 8.33. The quantitative estimate of drug-likeness (QED) is 0.583. The molecule has 2 nitrogen and oxygen atoms in total. The molecule has 168 valence electrons. The Balaban J connectivity index is 1.72. The zero-order valence-electron chi connectivity index (χ0n) is 20.2. The number of aryl methyl sites for hydroxylation is 3. The number of fused-ring (bicyclic) bond motifs is 2. The van der Waals surface area contributed by atoms with E-state index in [-0.39, 0.29) is 17.6 Å². The van der Waals surface area contributed by atoms with Gasteiger partial charge in [-0.25, -0.2) is 0 Å². The van der Waals surface area contributed by atoms with Crippen molar-refractivity contribution in [1.82, 2.24) is 5.32 Å². The first-order valence-electron chi connectivity index (χ1n) is 12.6. The van der Waals surface area contributed by atoms with E-state index in [0.717, 1.165) is 45.1 Å². The minimum absolute atomic E-state index is 0.0747. The van der Waals surface area contributed by atoms with E-state index in [9.17, 15) is 5.11 Å². The Morgan fingerprint density at radius 3 is 2.55 bits per heavy atom. The third-order valence-corrected chi connectivity index (χ3v) is 8.33. The average molecular weight is 420 g/mol. The molecule has 0 radical (unpaired) electrons. The topological polar surface area (TPSA) is 32.3 Å². The van der Waals surface area contributed by atoms with Gasteiger partial charge in [-0.2, -0.15) is 0 Å². The molecular formula is C29H41NO. The van der Waals surface area contributed by atoms with Crippen molar-refractivity contribution in [3.8, 4) is 0 Å². The molecule has 0 amide bonds. The maximum atomic E-state index is 10.9. The second kappa shape index (κ2) is 9.08. The summed E-state index contributed by atoms with van der Waals surface area (Å²) in [6.07, 6.45) is 7.43. The summed E-state index contributed by atoms with van der Waals surface area (Å²) in [5, 5.41) is 14.8. The second-order valence-corrected chi connectivity index (χ2v) is 10.2. The van der Waals surface area contributed by atoms with Crippen LogP contribution in [-0.4, -0.2) is 11.2 Å². The summed E-state index contributed by atoms with van der Waals surface area (Å²) in [5.74, 6) is 0.833. The first-order chi connectivity index (χ1) is 14.9. The molecule has 1 heterocycles. The number of rotatable bonds is 6. The van der Waals surface area contributed by atoms with Crippen molar-refractivity contribution in [1.29, 1.82) is 0 Å². The van der Waals surface area contributed by atoms with Crippen LogP contribution in [0.2, 0.25) is 0 Å². The molecule has 0 bridgehead atoms. The van der Waals surface area contributed by atoms with Gasteiger partial charge >= 0.3 is 0 Å². The van der Waals surface area contributed by atoms with Crippen LogP contribution in [0.5, 0.6) is 0 Å². The summed E-state index contributed by atoms with van der Waals surface area (Å²) in [6.45, 7) is 12.2. The molecule has 1 saturated carbocycles. The van der Waals surface area contributed by atoms with E-state index in [1.165, 1.54) is 45.4 Å². The normalized spacial score (nSPS) is 27.6. The molecule has 4 unspecified atom stereocenters. The number of nitrogens with one attached hydrogen (secondary N) is 1. The van der Waals surface area contributed by atoms with E-state index >= 15 is 0 Å². The molecular weight excluding hydrogens is 378 g/mol. The molecule has 1 fully saturated rings. The van der Waals surface area contributed by atoms with Gasteiger partial charge in [-0.05, 0) is 83.9 Å². The van der Waals surface area contributed by atoms with E-state index in [4.69, 9.17) is 0 Å². The monoisotopic (exact) mass is 419 g/mol. The highest BCUT2D eigenvalue weighted by atomic mass is 16.3. The first-order valence-corrected chi connectivity index (χ1v) is 12.6. The van der Waals surface area contributed by atoms with Crippen molar-refractivity contribution in [2.45, 2.75) is 97.8 Å². The van der Waals surface area contributed by atoms with Gasteiger partial charge in [0.1, 0.15) is 0 Å². The predicted octanol–water partition coefficient (Wildman–Crippen LogP) is 6.22. The van der Waals surface area contributed by atoms with Crippen LogP contribution in [0.25, 0.3) is 0 Å². The molecule has 2 heteroatoms. The first kappa shape index (κ1) is 22.6. The van der Waals surface area contributed by atoms with Crippen molar-refractivity contribution >= 4 is 0 Å². The summed E-state index contributed by atoms with van der Waals surface area (Å²) in [4.78, 5) is 0. The van der Waals surface area contributed by atoms with Crippen LogP contribution in [0.4, 0.5) is 0 Å². The lowest BCUT2D eigenvalue weighted by atomic mass is 9.64. The molecule has 1 aliphatic heterocycles. The number of benzene rings is 2. The van der Waals surface area contributed by atoms with Crippen LogP contribution in [0.15, 0.2) is 30.3 Å². The Labute approximate surface area is 189 Å². The van der Waals surface area contributed by atoms with E-state index in [2.05, 4.69) is 70.3 Å². The van der Waals surface area contributed by atoms with Gasteiger partial charge in [-0.15, -0.1) is 0 Å². The van der Waals surface area contributed by atoms with Crippen molar-refractivity contribution in [3.63, 3.8) is 0 Å². The Hall–Kier alpha value is -1.64. The number of hydrogen-bond acceptors (Lipinski definition) is 2. The zero-order valence-corrected chi connectivity index (χ0v) is 20.2. The molecule has 2 aromatic rings. The summed E-state index contributed by atoms with van der Waals surface area (Å²) >= 11 is 0. The SMILES string of the molecule is CCCc1ccc(Cc2cc3c(cc2CC)CNC32CC(CC)CC(O)C2C)c(C)c1. The largest absolute Gasteiger partial charge is 0.393 e. The summed E-state index contributed by atoms with van der Waals surface area (Å²) in [7, 11) is 0. The lowest BCUT2D eigenvalue weighted by Crippen LogP contribution is -2.52. The fourth-order valence-electron chi connectivity index (χ4n) is 6.25. The molecule has 4 rings (SSSR count). The third kappa shape index (κ3) is 4.10. The fourth-order valence-corrected chi connectivity index (χ4v) is 6.25. The molecule has 1 spiro atoms. The van der Waals surface area contributed by atoms with Gasteiger partial charge in [0.15, 0.2) is 0 Å². The molecule has 0 saturated heterocycles. The van der Waals surface area contributed by atoms with Crippen molar-refractivity contribution in [2.24, 2.45) is 11.8 Å². The molecule has 2 aliphatic rings. The van der Waals surface area contributed by atoms with Gasteiger partial charge in [-0.1, -0.05) is 70.9 Å². The minimum atomic E-state index is -0.222. The predicted molar refractivity (Wildman–Crippen MR) is 131 cm³/mol. The summed E-state index contributed by atoms with van der Waals surface area (Å²) < 4.78 is 0. The smallest absolute Gasteiger partial charge is 0.0589 e. The second-order valence-electron chi connectivity index (χ2n) is 10.2. The maximum absolute atomic E-state index is 10.9. The van der Waals surface area contributed by atoms with Gasteiger partial charge < -0.3 is 10.4 Å². The summed E-state index contributed by atoms with van der Waals surface area (Å²) in [5.41, 5.74) is 10.1. The highest BCUT2D eigenvalue weighted by molar-refractivity contribution is 5.48. The average Bonchev–Trinajstić information content (AvgIpc) is 3.11. The van der Waals surface area contributed by atoms with E-state index in [1.807, 2.05) is 0 Å². The Morgan fingerprint density at radius 2 is 1.87 bits per heavy atom. The molecule has 1 aliphatic carbocycles. The van der Waals surface area contributed by atoms with Crippen molar-refractivity contribution in [3.05, 3.63) is 69.3 Å². The van der Waals surface area contributed by atoms with Gasteiger partial charge in [0.2, 0.25) is 0 Å². The van der Waals surface area contributed by atoms with E-state index in [1.54, 1.807) is 0 Å². The fraction of sp³-hybridized carbons (Fsp3) is 0.586. The Bertz CT molecular complexity index is 933. The molecule has 2 N–H and O–H groups in total. The lowest BCUT2D eigenvalue weighted by Gasteiger charge is -2.47. The molecule has 4 atom stereocenters. The Morgan fingerprint density at radius 1 is 1.06 bits per heavy atom. The highest BCUT2D eigenvalue weighted by Gasteiger charge is 2.50. The van der Waals surface area contributed by atoms with Crippen molar-refractivity contribution in [2.75, 3.05) is 0 Å². The number of hydrogen-bond donors (Lipinski definition) is 2. The number of aliphatic hydroxyl groups is 1. The maximum Gasteiger partial charge on any atom is 0.0589 e. The zero-order chi connectivity index (χ0) is 22.2. The Kier molecular flexibility index (Phi) is 6.60. The van der Waals surface area contributed by atoms with Crippen molar-refractivity contribution < 1.29 is 5.11 Å².